The van der Waals surface area contributed by atoms with E-state index in [0.717, 1.165) is 11.1 Å². The van der Waals surface area contributed by atoms with Gasteiger partial charge in [-0.05, 0) is 49.1 Å². The first kappa shape index (κ1) is 13.8. The fourth-order valence-electron chi connectivity index (χ4n) is 2.16. The third-order valence-corrected chi connectivity index (χ3v) is 3.50. The molecule has 0 heterocycles. The molecule has 1 unspecified atom stereocenters. The summed E-state index contributed by atoms with van der Waals surface area (Å²) in [5, 5.41) is 10.2. The molecule has 0 aliphatic heterocycles. The Labute approximate surface area is 113 Å². The summed E-state index contributed by atoms with van der Waals surface area (Å²) in [5.74, 6) is -0.266. The van der Waals surface area contributed by atoms with E-state index >= 15 is 0 Å². The van der Waals surface area contributed by atoms with E-state index in [4.69, 9.17) is 0 Å². The molecule has 2 aromatic rings. The highest BCUT2D eigenvalue weighted by atomic mass is 19.1. The van der Waals surface area contributed by atoms with E-state index in [1.54, 1.807) is 19.1 Å². The lowest BCUT2D eigenvalue weighted by atomic mass is 9.96. The van der Waals surface area contributed by atoms with Crippen LogP contribution in [0.15, 0.2) is 36.4 Å². The van der Waals surface area contributed by atoms with Crippen LogP contribution >= 0.6 is 0 Å². The Bertz CT molecular complexity index is 590. The maximum absolute atomic E-state index is 13.5. The lowest BCUT2D eigenvalue weighted by molar-refractivity contribution is 0.178. The van der Waals surface area contributed by atoms with Crippen LogP contribution in [0, 0.1) is 26.6 Å². The largest absolute Gasteiger partial charge is 0.388 e. The van der Waals surface area contributed by atoms with Gasteiger partial charge >= 0.3 is 0 Å². The van der Waals surface area contributed by atoms with Gasteiger partial charge in [-0.15, -0.1) is 0 Å². The zero-order valence-electron chi connectivity index (χ0n) is 11.6. The van der Waals surface area contributed by atoms with Crippen LogP contribution in [0.3, 0.4) is 0 Å². The van der Waals surface area contributed by atoms with Gasteiger partial charge in [0.05, 0.1) is 6.10 Å². The van der Waals surface area contributed by atoms with Gasteiger partial charge in [0, 0.05) is 6.42 Å². The van der Waals surface area contributed by atoms with Crippen LogP contribution in [0.5, 0.6) is 0 Å². The van der Waals surface area contributed by atoms with E-state index in [0.29, 0.717) is 17.5 Å². The lowest BCUT2D eigenvalue weighted by Gasteiger charge is -2.14. The molecule has 0 fully saturated rings. The molecule has 0 bridgehead atoms. The van der Waals surface area contributed by atoms with Gasteiger partial charge in [-0.1, -0.05) is 35.9 Å². The van der Waals surface area contributed by atoms with Crippen molar-refractivity contribution < 1.29 is 9.50 Å². The van der Waals surface area contributed by atoms with Gasteiger partial charge in [0.2, 0.25) is 0 Å². The minimum Gasteiger partial charge on any atom is -0.388 e. The summed E-state index contributed by atoms with van der Waals surface area (Å²) in [5.41, 5.74) is 4.65. The van der Waals surface area contributed by atoms with Gasteiger partial charge in [-0.25, -0.2) is 4.39 Å². The number of halogens is 1. The number of benzene rings is 2. The summed E-state index contributed by atoms with van der Waals surface area (Å²) >= 11 is 0. The Balaban J connectivity index is 2.22. The SMILES string of the molecule is Cc1ccc(C)c(CC(O)c2ccc(C)c(F)c2)c1. The van der Waals surface area contributed by atoms with Gasteiger partial charge in [0.15, 0.2) is 0 Å². The highest BCUT2D eigenvalue weighted by molar-refractivity contribution is 5.33. The average Bonchev–Trinajstić information content (AvgIpc) is 2.37. The second-order valence-electron chi connectivity index (χ2n) is 5.16. The molecule has 100 valence electrons. The summed E-state index contributed by atoms with van der Waals surface area (Å²) < 4.78 is 13.5. The Morgan fingerprint density at radius 1 is 1.00 bits per heavy atom. The van der Waals surface area contributed by atoms with Crippen LogP contribution in [-0.2, 0) is 6.42 Å². The van der Waals surface area contributed by atoms with Gasteiger partial charge in [0.25, 0.3) is 0 Å². The highest BCUT2D eigenvalue weighted by Crippen LogP contribution is 2.22. The van der Waals surface area contributed by atoms with Crippen molar-refractivity contribution in [2.45, 2.75) is 33.3 Å². The average molecular weight is 258 g/mol. The Morgan fingerprint density at radius 2 is 1.68 bits per heavy atom. The van der Waals surface area contributed by atoms with Crippen LogP contribution < -0.4 is 0 Å². The second kappa shape index (κ2) is 5.54. The van der Waals surface area contributed by atoms with Gasteiger partial charge in [-0.3, -0.25) is 0 Å². The van der Waals surface area contributed by atoms with Crippen molar-refractivity contribution >= 4 is 0 Å². The lowest BCUT2D eigenvalue weighted by Crippen LogP contribution is -2.04. The van der Waals surface area contributed by atoms with Crippen LogP contribution in [0.1, 0.15) is 33.9 Å². The van der Waals surface area contributed by atoms with Crippen molar-refractivity contribution in [3.63, 3.8) is 0 Å². The van der Waals surface area contributed by atoms with Gasteiger partial charge in [-0.2, -0.15) is 0 Å². The van der Waals surface area contributed by atoms with Crippen LogP contribution in [0.2, 0.25) is 0 Å². The number of hydrogen-bond acceptors (Lipinski definition) is 1. The topological polar surface area (TPSA) is 20.2 Å². The Hall–Kier alpha value is -1.67. The Morgan fingerprint density at radius 3 is 2.37 bits per heavy atom. The molecule has 0 aromatic heterocycles. The zero-order valence-corrected chi connectivity index (χ0v) is 11.6. The molecule has 0 amide bonds. The maximum atomic E-state index is 13.5. The first-order valence-electron chi connectivity index (χ1n) is 6.47. The number of rotatable bonds is 3. The van der Waals surface area contributed by atoms with E-state index in [-0.39, 0.29) is 5.82 Å². The van der Waals surface area contributed by atoms with Crippen molar-refractivity contribution in [3.8, 4) is 0 Å². The molecule has 0 saturated heterocycles. The maximum Gasteiger partial charge on any atom is 0.126 e. The van der Waals surface area contributed by atoms with Crippen molar-refractivity contribution in [2.24, 2.45) is 0 Å². The molecule has 0 aliphatic rings. The third-order valence-electron chi connectivity index (χ3n) is 3.50. The quantitative estimate of drug-likeness (QED) is 0.881. The molecule has 0 spiro atoms. The molecule has 1 nitrogen and oxygen atoms in total. The fourth-order valence-corrected chi connectivity index (χ4v) is 2.16. The summed E-state index contributed by atoms with van der Waals surface area (Å²) in [6.07, 6.45) is -0.161. The summed E-state index contributed by atoms with van der Waals surface area (Å²) in [4.78, 5) is 0. The second-order valence-corrected chi connectivity index (χ2v) is 5.16. The van der Waals surface area contributed by atoms with Crippen molar-refractivity contribution in [1.82, 2.24) is 0 Å². The standard InChI is InChI=1S/C17H19FO/c1-11-4-5-12(2)15(8-11)10-17(19)14-7-6-13(3)16(18)9-14/h4-9,17,19H,10H2,1-3H3. The molecule has 1 N–H and O–H groups in total. The van der Waals surface area contributed by atoms with E-state index in [9.17, 15) is 9.50 Å². The molecular weight excluding hydrogens is 239 g/mol. The smallest absolute Gasteiger partial charge is 0.126 e. The molecule has 0 aliphatic carbocycles. The summed E-state index contributed by atoms with van der Waals surface area (Å²) in [6, 6.07) is 11.1. The van der Waals surface area contributed by atoms with Crippen LogP contribution in [0.25, 0.3) is 0 Å². The molecule has 2 heteroatoms. The Kier molecular flexibility index (Phi) is 4.01. The van der Waals surface area contributed by atoms with E-state index in [2.05, 4.69) is 12.1 Å². The van der Waals surface area contributed by atoms with Crippen molar-refractivity contribution in [3.05, 3.63) is 70.0 Å². The molecular formula is C17H19FO. The number of aliphatic hydroxyl groups excluding tert-OH is 1. The molecule has 0 radical (unpaired) electrons. The molecule has 2 rings (SSSR count). The predicted octanol–water partition coefficient (Wildman–Crippen LogP) is 4.03. The van der Waals surface area contributed by atoms with Crippen LogP contribution in [-0.4, -0.2) is 5.11 Å². The first-order valence-corrected chi connectivity index (χ1v) is 6.47. The third kappa shape index (κ3) is 3.21. The van der Waals surface area contributed by atoms with E-state index < -0.39 is 6.10 Å². The molecule has 2 aromatic carbocycles. The van der Waals surface area contributed by atoms with Crippen LogP contribution in [0.4, 0.5) is 4.39 Å². The molecule has 19 heavy (non-hydrogen) atoms. The van der Waals surface area contributed by atoms with E-state index in [1.807, 2.05) is 19.9 Å². The minimum absolute atomic E-state index is 0.266. The van der Waals surface area contributed by atoms with Crippen molar-refractivity contribution in [2.75, 3.05) is 0 Å². The first-order chi connectivity index (χ1) is 8.97. The number of aryl methyl sites for hydroxylation is 3. The zero-order chi connectivity index (χ0) is 14.0. The highest BCUT2D eigenvalue weighted by Gasteiger charge is 2.12. The molecule has 0 saturated carbocycles. The van der Waals surface area contributed by atoms with Gasteiger partial charge < -0.3 is 5.11 Å². The predicted molar refractivity (Wildman–Crippen MR) is 75.7 cm³/mol. The minimum atomic E-state index is -0.671. The summed E-state index contributed by atoms with van der Waals surface area (Å²) in [7, 11) is 0. The van der Waals surface area contributed by atoms with Gasteiger partial charge in [0.1, 0.15) is 5.82 Å². The number of hydrogen-bond donors (Lipinski definition) is 1. The summed E-state index contributed by atoms with van der Waals surface area (Å²) in [6.45, 7) is 5.77. The monoisotopic (exact) mass is 258 g/mol. The van der Waals surface area contributed by atoms with E-state index in [1.165, 1.54) is 11.6 Å². The normalized spacial score (nSPS) is 12.5. The number of aliphatic hydroxyl groups is 1. The van der Waals surface area contributed by atoms with Crippen molar-refractivity contribution in [1.29, 1.82) is 0 Å². The molecule has 1 atom stereocenters. The fraction of sp³-hybridized carbons (Fsp3) is 0.294.